The number of ether oxygens (including phenoxy) is 1. The monoisotopic (exact) mass is 382 g/mol. The first-order chi connectivity index (χ1) is 12.9. The summed E-state index contributed by atoms with van der Waals surface area (Å²) in [5, 5.41) is 6.49. The van der Waals surface area contributed by atoms with Crippen LogP contribution in [0, 0.1) is 13.8 Å². The molecule has 0 atom stereocenters. The molecule has 1 amide bonds. The normalized spacial score (nSPS) is 10.4. The first-order valence-corrected chi connectivity index (χ1v) is 8.66. The van der Waals surface area contributed by atoms with E-state index in [0.717, 1.165) is 17.0 Å². The lowest BCUT2D eigenvalue weighted by Gasteiger charge is -2.11. The zero-order valence-corrected chi connectivity index (χ0v) is 16.0. The number of carbonyl (C=O) groups excluding carboxylic acids is 1. The molecule has 138 valence electrons. The number of anilines is 3. The number of methoxy groups -OCH3 is 1. The van der Waals surface area contributed by atoms with E-state index in [1.165, 1.54) is 0 Å². The van der Waals surface area contributed by atoms with E-state index in [2.05, 4.69) is 20.6 Å². The summed E-state index contributed by atoms with van der Waals surface area (Å²) in [6, 6.07) is 14.3. The summed E-state index contributed by atoms with van der Waals surface area (Å²) in [6.45, 7) is 3.70. The first kappa shape index (κ1) is 18.7. The Morgan fingerprint density at radius 3 is 2.48 bits per heavy atom. The first-order valence-electron chi connectivity index (χ1n) is 8.29. The van der Waals surface area contributed by atoms with E-state index in [1.807, 2.05) is 44.2 Å². The molecule has 0 saturated heterocycles. The third kappa shape index (κ3) is 4.74. The Labute approximate surface area is 162 Å². The van der Waals surface area contributed by atoms with Crippen LogP contribution < -0.4 is 15.4 Å². The molecule has 2 aromatic carbocycles. The molecular weight excluding hydrogens is 364 g/mol. The van der Waals surface area contributed by atoms with E-state index in [4.69, 9.17) is 16.3 Å². The van der Waals surface area contributed by atoms with Gasteiger partial charge in [-0.25, -0.2) is 9.97 Å². The largest absolute Gasteiger partial charge is 0.497 e. The van der Waals surface area contributed by atoms with Crippen LogP contribution in [0.3, 0.4) is 0 Å². The van der Waals surface area contributed by atoms with Gasteiger partial charge in [-0.1, -0.05) is 17.7 Å². The van der Waals surface area contributed by atoms with Crippen LogP contribution in [0.4, 0.5) is 17.3 Å². The highest BCUT2D eigenvalue weighted by atomic mass is 35.5. The lowest BCUT2D eigenvalue weighted by molar-refractivity contribution is 0.102. The Balaban J connectivity index is 1.81. The maximum absolute atomic E-state index is 12.6. The fourth-order valence-electron chi connectivity index (χ4n) is 2.46. The van der Waals surface area contributed by atoms with Gasteiger partial charge in [0.05, 0.1) is 7.11 Å². The summed E-state index contributed by atoms with van der Waals surface area (Å²) >= 11 is 6.01. The summed E-state index contributed by atoms with van der Waals surface area (Å²) in [4.78, 5) is 21.3. The van der Waals surface area contributed by atoms with Gasteiger partial charge in [0.15, 0.2) is 0 Å². The Hall–Kier alpha value is -3.12. The molecule has 0 unspecified atom stereocenters. The summed E-state index contributed by atoms with van der Waals surface area (Å²) in [6.07, 6.45) is 0. The Morgan fingerprint density at radius 2 is 1.78 bits per heavy atom. The Kier molecular flexibility index (Phi) is 5.57. The van der Waals surface area contributed by atoms with Crippen molar-refractivity contribution >= 4 is 34.8 Å². The maximum atomic E-state index is 12.6. The number of nitrogens with one attached hydrogen (secondary N) is 2. The average Bonchev–Trinajstić information content (AvgIpc) is 2.65. The Bertz CT molecular complexity index is 974. The minimum atomic E-state index is -0.330. The van der Waals surface area contributed by atoms with Crippen molar-refractivity contribution in [2.45, 2.75) is 13.8 Å². The second-order valence-corrected chi connectivity index (χ2v) is 6.42. The van der Waals surface area contributed by atoms with Gasteiger partial charge in [-0.2, -0.15) is 0 Å². The maximum Gasteiger partial charge on any atom is 0.274 e. The van der Waals surface area contributed by atoms with Crippen LogP contribution in [0.25, 0.3) is 0 Å². The Morgan fingerprint density at radius 1 is 1.04 bits per heavy atom. The number of benzene rings is 2. The zero-order chi connectivity index (χ0) is 19.4. The predicted molar refractivity (Wildman–Crippen MR) is 107 cm³/mol. The third-order valence-electron chi connectivity index (χ3n) is 3.88. The van der Waals surface area contributed by atoms with E-state index in [0.29, 0.717) is 22.4 Å². The van der Waals surface area contributed by atoms with Crippen LogP contribution in [0.15, 0.2) is 48.5 Å². The zero-order valence-electron chi connectivity index (χ0n) is 15.2. The molecule has 2 N–H and O–H groups in total. The quantitative estimate of drug-likeness (QED) is 0.665. The van der Waals surface area contributed by atoms with E-state index in [1.54, 1.807) is 25.3 Å². The van der Waals surface area contributed by atoms with Gasteiger partial charge in [0.2, 0.25) is 5.95 Å². The molecule has 0 aliphatic heterocycles. The molecule has 6 nitrogen and oxygen atoms in total. The molecule has 7 heteroatoms. The van der Waals surface area contributed by atoms with Crippen molar-refractivity contribution in [3.05, 3.63) is 70.5 Å². The molecule has 0 aliphatic rings. The number of hydrogen-bond donors (Lipinski definition) is 2. The van der Waals surface area contributed by atoms with E-state index in [9.17, 15) is 4.79 Å². The van der Waals surface area contributed by atoms with Gasteiger partial charge in [0.1, 0.15) is 11.4 Å². The number of halogens is 1. The van der Waals surface area contributed by atoms with Crippen molar-refractivity contribution in [1.29, 1.82) is 0 Å². The van der Waals surface area contributed by atoms with Crippen molar-refractivity contribution in [3.63, 3.8) is 0 Å². The summed E-state index contributed by atoms with van der Waals surface area (Å²) < 4.78 is 5.14. The lowest BCUT2D eigenvalue weighted by atomic mass is 10.2. The SMILES string of the molecule is COc1ccc(Nc2nc(C)cc(C(=O)Nc3cc(Cl)ccc3C)n2)cc1. The number of carbonyl (C=O) groups is 1. The number of aromatic nitrogens is 2. The third-order valence-corrected chi connectivity index (χ3v) is 4.12. The molecule has 0 spiro atoms. The predicted octanol–water partition coefficient (Wildman–Crippen LogP) is 4.75. The van der Waals surface area contributed by atoms with Gasteiger partial charge in [0, 0.05) is 22.1 Å². The average molecular weight is 383 g/mol. The van der Waals surface area contributed by atoms with Crippen molar-refractivity contribution in [1.82, 2.24) is 9.97 Å². The van der Waals surface area contributed by atoms with E-state index < -0.39 is 0 Å². The van der Waals surface area contributed by atoms with Gasteiger partial charge in [-0.3, -0.25) is 4.79 Å². The molecule has 1 heterocycles. The van der Waals surface area contributed by atoms with Gasteiger partial charge in [-0.05, 0) is 61.9 Å². The highest BCUT2D eigenvalue weighted by Crippen LogP contribution is 2.22. The topological polar surface area (TPSA) is 76.1 Å². The van der Waals surface area contributed by atoms with E-state index >= 15 is 0 Å². The van der Waals surface area contributed by atoms with Crippen molar-refractivity contribution < 1.29 is 9.53 Å². The molecule has 0 bridgehead atoms. The van der Waals surface area contributed by atoms with Gasteiger partial charge in [-0.15, -0.1) is 0 Å². The van der Waals surface area contributed by atoms with Crippen LogP contribution in [0.5, 0.6) is 5.75 Å². The number of amides is 1. The minimum Gasteiger partial charge on any atom is -0.497 e. The standard InChI is InChI=1S/C20H19ClN4O2/c1-12-4-5-14(21)11-17(12)24-19(26)18-10-13(2)22-20(25-18)23-15-6-8-16(27-3)9-7-15/h4-11H,1-3H3,(H,24,26)(H,22,23,25). The molecule has 1 aromatic heterocycles. The van der Waals surface area contributed by atoms with Gasteiger partial charge < -0.3 is 15.4 Å². The van der Waals surface area contributed by atoms with E-state index in [-0.39, 0.29) is 11.6 Å². The molecular formula is C20H19ClN4O2. The van der Waals surface area contributed by atoms with Gasteiger partial charge >= 0.3 is 0 Å². The molecule has 0 radical (unpaired) electrons. The highest BCUT2D eigenvalue weighted by molar-refractivity contribution is 6.31. The molecule has 0 fully saturated rings. The van der Waals surface area contributed by atoms with Gasteiger partial charge in [0.25, 0.3) is 5.91 Å². The van der Waals surface area contributed by atoms with Crippen LogP contribution in [0.1, 0.15) is 21.7 Å². The number of hydrogen-bond acceptors (Lipinski definition) is 5. The molecule has 0 saturated carbocycles. The van der Waals surface area contributed by atoms with Crippen molar-refractivity contribution in [2.24, 2.45) is 0 Å². The van der Waals surface area contributed by atoms with Crippen LogP contribution in [-0.2, 0) is 0 Å². The number of rotatable bonds is 5. The smallest absolute Gasteiger partial charge is 0.274 e. The summed E-state index contributed by atoms with van der Waals surface area (Å²) in [5.41, 5.74) is 3.29. The van der Waals surface area contributed by atoms with Crippen LogP contribution >= 0.6 is 11.6 Å². The molecule has 3 aromatic rings. The number of nitrogens with zero attached hydrogens (tertiary/aromatic N) is 2. The molecule has 3 rings (SSSR count). The second-order valence-electron chi connectivity index (χ2n) is 5.99. The second kappa shape index (κ2) is 8.05. The molecule has 27 heavy (non-hydrogen) atoms. The summed E-state index contributed by atoms with van der Waals surface area (Å²) in [5.74, 6) is 0.763. The van der Waals surface area contributed by atoms with Crippen molar-refractivity contribution in [2.75, 3.05) is 17.7 Å². The van der Waals surface area contributed by atoms with Crippen molar-refractivity contribution in [3.8, 4) is 5.75 Å². The lowest BCUT2D eigenvalue weighted by Crippen LogP contribution is -2.16. The van der Waals surface area contributed by atoms with Crippen LogP contribution in [-0.4, -0.2) is 23.0 Å². The summed E-state index contributed by atoms with van der Waals surface area (Å²) in [7, 11) is 1.61. The highest BCUT2D eigenvalue weighted by Gasteiger charge is 2.13. The fraction of sp³-hybridized carbons (Fsp3) is 0.150. The molecule has 0 aliphatic carbocycles. The fourth-order valence-corrected chi connectivity index (χ4v) is 2.63. The minimum absolute atomic E-state index is 0.262. The number of aryl methyl sites for hydroxylation is 2. The van der Waals surface area contributed by atoms with Crippen LogP contribution in [0.2, 0.25) is 5.02 Å².